The first-order chi connectivity index (χ1) is 16.2. The lowest BCUT2D eigenvalue weighted by Gasteiger charge is -2.17. The normalized spacial score (nSPS) is 13.5. The predicted octanol–water partition coefficient (Wildman–Crippen LogP) is 5.33. The molecule has 0 aliphatic carbocycles. The summed E-state index contributed by atoms with van der Waals surface area (Å²) < 4.78 is 10.8. The number of ether oxygens (including phenoxy) is 2. The second kappa shape index (κ2) is 9.06. The van der Waals surface area contributed by atoms with E-state index in [0.29, 0.717) is 34.0 Å². The van der Waals surface area contributed by atoms with E-state index in [4.69, 9.17) is 9.47 Å². The summed E-state index contributed by atoms with van der Waals surface area (Å²) in [6.07, 6.45) is 0. The summed E-state index contributed by atoms with van der Waals surface area (Å²) >= 11 is 0. The molecule has 0 unspecified atom stereocenters. The number of nitrogens with zero attached hydrogens (tertiary/aromatic N) is 1. The number of benzene rings is 3. The number of hydrogen-bond acceptors (Lipinski definition) is 5. The molecule has 1 aliphatic heterocycles. The van der Waals surface area contributed by atoms with Crippen molar-refractivity contribution in [1.82, 2.24) is 0 Å². The molecule has 3 aromatic rings. The van der Waals surface area contributed by atoms with Gasteiger partial charge in [-0.1, -0.05) is 29.8 Å². The predicted molar refractivity (Wildman–Crippen MR) is 134 cm³/mol. The summed E-state index contributed by atoms with van der Waals surface area (Å²) in [6.45, 7) is 7.83. The van der Waals surface area contributed by atoms with Gasteiger partial charge in [0.1, 0.15) is 17.2 Å². The number of nitrogens with one attached hydrogen (secondary N) is 1. The van der Waals surface area contributed by atoms with Gasteiger partial charge in [-0.3, -0.25) is 9.59 Å². The molecule has 0 radical (unpaired) electrons. The zero-order valence-corrected chi connectivity index (χ0v) is 20.3. The molecule has 174 valence electrons. The van der Waals surface area contributed by atoms with E-state index < -0.39 is 5.91 Å². The molecule has 34 heavy (non-hydrogen) atoms. The quantitative estimate of drug-likeness (QED) is 0.508. The number of carbonyl (C=O) groups is 2. The van der Waals surface area contributed by atoms with Gasteiger partial charge in [0, 0.05) is 6.07 Å². The Hall–Kier alpha value is -4.06. The van der Waals surface area contributed by atoms with E-state index >= 15 is 0 Å². The lowest BCUT2D eigenvalue weighted by atomic mass is 9.97. The smallest absolute Gasteiger partial charge is 0.282 e. The molecule has 0 saturated heterocycles. The Labute approximate surface area is 199 Å². The molecule has 0 fully saturated rings. The van der Waals surface area contributed by atoms with E-state index in [2.05, 4.69) is 5.32 Å². The summed E-state index contributed by atoms with van der Waals surface area (Å²) in [4.78, 5) is 28.8. The van der Waals surface area contributed by atoms with Crippen molar-refractivity contribution >= 4 is 28.8 Å². The number of hydrogen-bond donors (Lipinski definition) is 1. The van der Waals surface area contributed by atoms with Crippen molar-refractivity contribution in [2.75, 3.05) is 24.4 Å². The fraction of sp³-hybridized carbons (Fsp3) is 0.214. The maximum Gasteiger partial charge on any atom is 0.282 e. The van der Waals surface area contributed by atoms with Crippen LogP contribution in [0, 0.1) is 27.7 Å². The maximum absolute atomic E-state index is 13.8. The summed E-state index contributed by atoms with van der Waals surface area (Å²) in [7, 11) is 3.12. The fourth-order valence-electron chi connectivity index (χ4n) is 4.34. The van der Waals surface area contributed by atoms with Crippen molar-refractivity contribution in [3.05, 3.63) is 88.1 Å². The Morgan fingerprint density at radius 1 is 0.735 bits per heavy atom. The van der Waals surface area contributed by atoms with Crippen LogP contribution in [0.25, 0.3) is 5.57 Å². The van der Waals surface area contributed by atoms with Gasteiger partial charge in [0.05, 0.1) is 31.2 Å². The molecule has 1 heterocycles. The van der Waals surface area contributed by atoms with E-state index in [9.17, 15) is 9.59 Å². The first-order valence-electron chi connectivity index (χ1n) is 11.0. The monoisotopic (exact) mass is 456 g/mol. The number of rotatable bonds is 6. The number of methoxy groups -OCH3 is 2. The van der Waals surface area contributed by atoms with Gasteiger partial charge in [0.25, 0.3) is 11.8 Å². The molecule has 0 bridgehead atoms. The van der Waals surface area contributed by atoms with Gasteiger partial charge in [-0.25, -0.2) is 4.90 Å². The van der Waals surface area contributed by atoms with Gasteiger partial charge in [-0.2, -0.15) is 0 Å². The minimum atomic E-state index is -0.414. The molecule has 3 aromatic carbocycles. The van der Waals surface area contributed by atoms with Crippen molar-refractivity contribution in [2.24, 2.45) is 0 Å². The van der Waals surface area contributed by atoms with E-state index in [1.807, 2.05) is 64.1 Å². The van der Waals surface area contributed by atoms with E-state index in [1.54, 1.807) is 32.4 Å². The van der Waals surface area contributed by atoms with Gasteiger partial charge in [0.2, 0.25) is 0 Å². The van der Waals surface area contributed by atoms with Crippen molar-refractivity contribution < 1.29 is 19.1 Å². The van der Waals surface area contributed by atoms with Crippen LogP contribution < -0.4 is 19.7 Å². The van der Waals surface area contributed by atoms with Crippen molar-refractivity contribution in [3.8, 4) is 11.5 Å². The highest BCUT2D eigenvalue weighted by Gasteiger charge is 2.41. The molecule has 0 saturated carbocycles. The summed E-state index contributed by atoms with van der Waals surface area (Å²) in [5, 5.41) is 3.20. The van der Waals surface area contributed by atoms with E-state index in [1.165, 1.54) is 4.90 Å². The van der Waals surface area contributed by atoms with Crippen LogP contribution in [0.3, 0.4) is 0 Å². The van der Waals surface area contributed by atoms with Gasteiger partial charge in [-0.15, -0.1) is 0 Å². The van der Waals surface area contributed by atoms with Crippen LogP contribution in [-0.4, -0.2) is 26.0 Å². The van der Waals surface area contributed by atoms with Crippen LogP contribution in [0.5, 0.6) is 11.5 Å². The first-order valence-corrected chi connectivity index (χ1v) is 11.0. The highest BCUT2D eigenvalue weighted by molar-refractivity contribution is 6.46. The zero-order valence-electron chi connectivity index (χ0n) is 20.3. The third-order valence-corrected chi connectivity index (χ3v) is 5.87. The average Bonchev–Trinajstić information content (AvgIpc) is 3.02. The summed E-state index contributed by atoms with van der Waals surface area (Å²) in [5.41, 5.74) is 6.31. The Morgan fingerprint density at radius 2 is 1.44 bits per heavy atom. The molecule has 0 aromatic heterocycles. The highest BCUT2D eigenvalue weighted by Crippen LogP contribution is 2.38. The second-order valence-electron chi connectivity index (χ2n) is 8.55. The second-order valence-corrected chi connectivity index (χ2v) is 8.55. The van der Waals surface area contributed by atoms with Crippen molar-refractivity contribution in [1.29, 1.82) is 0 Å². The van der Waals surface area contributed by atoms with Gasteiger partial charge in [-0.05, 0) is 74.2 Å². The Balaban J connectivity index is 1.88. The molecule has 1 aliphatic rings. The highest BCUT2D eigenvalue weighted by atomic mass is 16.5. The van der Waals surface area contributed by atoms with Gasteiger partial charge >= 0.3 is 0 Å². The van der Waals surface area contributed by atoms with Crippen LogP contribution >= 0.6 is 0 Å². The molecule has 2 amide bonds. The van der Waals surface area contributed by atoms with Gasteiger partial charge < -0.3 is 14.8 Å². The molecule has 0 atom stereocenters. The van der Waals surface area contributed by atoms with Crippen LogP contribution in [-0.2, 0) is 9.59 Å². The molecule has 0 spiro atoms. The first kappa shape index (κ1) is 23.1. The number of carbonyl (C=O) groups excluding carboxylic acids is 2. The third kappa shape index (κ3) is 4.15. The molecule has 4 rings (SSSR count). The number of imide groups is 1. The van der Waals surface area contributed by atoms with Crippen LogP contribution in [0.1, 0.15) is 27.8 Å². The fourth-order valence-corrected chi connectivity index (χ4v) is 4.34. The molecular formula is C28H28N2O4. The maximum atomic E-state index is 13.8. The Bertz CT molecular complexity index is 1320. The van der Waals surface area contributed by atoms with Crippen LogP contribution in [0.2, 0.25) is 0 Å². The van der Waals surface area contributed by atoms with Crippen molar-refractivity contribution in [3.63, 3.8) is 0 Å². The minimum Gasteiger partial charge on any atom is -0.497 e. The topological polar surface area (TPSA) is 67.9 Å². The standard InChI is InChI=1S/C28H28N2O4/c1-16-7-9-22(19(4)12-16)25-26(29-23-10-8-21(33-5)15-24(23)34-6)28(32)30(27(25)31)20-13-17(2)11-18(3)14-20/h7-15,29H,1-6H3. The SMILES string of the molecule is COc1ccc(NC2=C(c3ccc(C)cc3C)C(=O)N(c3cc(C)cc(C)c3)C2=O)c(OC)c1. The number of amides is 2. The third-order valence-electron chi connectivity index (χ3n) is 5.87. The van der Waals surface area contributed by atoms with Crippen LogP contribution in [0.4, 0.5) is 11.4 Å². The number of anilines is 2. The number of aryl methyl sites for hydroxylation is 4. The van der Waals surface area contributed by atoms with Crippen LogP contribution in [0.15, 0.2) is 60.3 Å². The van der Waals surface area contributed by atoms with Crippen molar-refractivity contribution in [2.45, 2.75) is 27.7 Å². The zero-order chi connectivity index (χ0) is 24.6. The van der Waals surface area contributed by atoms with E-state index in [0.717, 1.165) is 22.3 Å². The summed E-state index contributed by atoms with van der Waals surface area (Å²) in [6, 6.07) is 16.8. The Kier molecular flexibility index (Phi) is 6.16. The Morgan fingerprint density at radius 3 is 2.06 bits per heavy atom. The molecule has 6 heteroatoms. The minimum absolute atomic E-state index is 0.208. The molecule has 1 N–H and O–H groups in total. The average molecular weight is 457 g/mol. The molecular weight excluding hydrogens is 428 g/mol. The summed E-state index contributed by atoms with van der Waals surface area (Å²) in [5.74, 6) is 0.341. The lowest BCUT2D eigenvalue weighted by Crippen LogP contribution is -2.32. The van der Waals surface area contributed by atoms with E-state index in [-0.39, 0.29) is 11.6 Å². The van der Waals surface area contributed by atoms with Gasteiger partial charge in [0.15, 0.2) is 0 Å². The lowest BCUT2D eigenvalue weighted by molar-refractivity contribution is -0.120. The molecule has 6 nitrogen and oxygen atoms in total. The largest absolute Gasteiger partial charge is 0.497 e.